The van der Waals surface area contributed by atoms with Crippen LogP contribution < -0.4 is 11.1 Å². The average Bonchev–Trinajstić information content (AvgIpc) is 2.63. The highest BCUT2D eigenvalue weighted by Crippen LogP contribution is 2.24. The molecule has 1 aromatic heterocycles. The molecule has 0 aromatic carbocycles. The normalized spacial score (nSPS) is 24.6. The first-order valence-corrected chi connectivity index (χ1v) is 6.74. The molecule has 2 rings (SSSR count). The zero-order valence-electron chi connectivity index (χ0n) is 9.90. The first-order valence-electron chi connectivity index (χ1n) is 5.93. The Balaban J connectivity index is 2.01. The number of thiophene rings is 1. The minimum absolute atomic E-state index is 0.111. The molecule has 1 aliphatic carbocycles. The largest absolute Gasteiger partial charge is 0.398 e. The molecule has 1 saturated carbocycles. The van der Waals surface area contributed by atoms with Gasteiger partial charge < -0.3 is 16.2 Å². The molecule has 1 aliphatic rings. The van der Waals surface area contributed by atoms with E-state index in [1.807, 2.05) is 6.92 Å². The third-order valence-electron chi connectivity index (χ3n) is 3.23. The van der Waals surface area contributed by atoms with Crippen LogP contribution in [0.25, 0.3) is 0 Å². The number of rotatable bonds is 2. The van der Waals surface area contributed by atoms with Gasteiger partial charge in [0.25, 0.3) is 5.91 Å². The molecule has 4 nitrogen and oxygen atoms in total. The molecule has 0 bridgehead atoms. The van der Waals surface area contributed by atoms with Gasteiger partial charge in [-0.15, -0.1) is 11.3 Å². The number of carbonyl (C=O) groups is 1. The molecule has 1 amide bonds. The Labute approximate surface area is 105 Å². The van der Waals surface area contributed by atoms with Gasteiger partial charge in [0.15, 0.2) is 0 Å². The van der Waals surface area contributed by atoms with E-state index in [4.69, 9.17) is 5.73 Å². The van der Waals surface area contributed by atoms with Crippen molar-refractivity contribution in [1.29, 1.82) is 0 Å². The summed E-state index contributed by atoms with van der Waals surface area (Å²) in [4.78, 5) is 13.5. The highest BCUT2D eigenvalue weighted by Gasteiger charge is 2.25. The van der Waals surface area contributed by atoms with Gasteiger partial charge in [0.1, 0.15) is 0 Å². The van der Waals surface area contributed by atoms with Crippen LogP contribution in [0.5, 0.6) is 0 Å². The molecular weight excluding hydrogens is 236 g/mol. The third kappa shape index (κ3) is 2.79. The van der Waals surface area contributed by atoms with Crippen molar-refractivity contribution in [2.45, 2.75) is 44.8 Å². The van der Waals surface area contributed by atoms with Crippen LogP contribution >= 0.6 is 11.3 Å². The fourth-order valence-corrected chi connectivity index (χ4v) is 2.97. The number of aliphatic hydroxyl groups excluding tert-OH is 1. The van der Waals surface area contributed by atoms with Crippen LogP contribution in [0.4, 0.5) is 5.69 Å². The zero-order chi connectivity index (χ0) is 12.4. The predicted molar refractivity (Wildman–Crippen MR) is 69.2 cm³/mol. The summed E-state index contributed by atoms with van der Waals surface area (Å²) in [5.41, 5.74) is 6.38. The second-order valence-electron chi connectivity index (χ2n) is 4.55. The van der Waals surface area contributed by atoms with E-state index in [1.54, 1.807) is 6.07 Å². The second kappa shape index (κ2) is 5.06. The number of nitrogens with two attached hydrogens (primary N) is 1. The molecule has 4 N–H and O–H groups in total. The lowest BCUT2D eigenvalue weighted by Gasteiger charge is -2.28. The van der Waals surface area contributed by atoms with Crippen LogP contribution in [0.2, 0.25) is 0 Å². The number of hydrogen-bond donors (Lipinski definition) is 3. The van der Waals surface area contributed by atoms with E-state index in [0.717, 1.165) is 30.6 Å². The highest BCUT2D eigenvalue weighted by molar-refractivity contribution is 7.14. The number of aryl methyl sites for hydroxylation is 1. The van der Waals surface area contributed by atoms with Crippen LogP contribution in [0, 0.1) is 6.92 Å². The van der Waals surface area contributed by atoms with E-state index in [-0.39, 0.29) is 11.9 Å². The van der Waals surface area contributed by atoms with Crippen molar-refractivity contribution in [3.05, 3.63) is 15.8 Å². The number of nitrogen functional groups attached to an aromatic ring is 1. The molecule has 5 heteroatoms. The van der Waals surface area contributed by atoms with Gasteiger partial charge in [0.2, 0.25) is 0 Å². The average molecular weight is 254 g/mol. The lowest BCUT2D eigenvalue weighted by Crippen LogP contribution is -2.44. The minimum Gasteiger partial charge on any atom is -0.398 e. The molecule has 0 aliphatic heterocycles. The van der Waals surface area contributed by atoms with Crippen LogP contribution in [-0.2, 0) is 0 Å². The summed E-state index contributed by atoms with van der Waals surface area (Å²) in [7, 11) is 0. The van der Waals surface area contributed by atoms with E-state index in [2.05, 4.69) is 5.32 Å². The Morgan fingerprint density at radius 3 is 2.82 bits per heavy atom. The summed E-state index contributed by atoms with van der Waals surface area (Å²) in [6, 6.07) is 1.59. The number of aliphatic hydroxyl groups is 1. The smallest absolute Gasteiger partial charge is 0.261 e. The van der Waals surface area contributed by atoms with E-state index in [9.17, 15) is 9.90 Å². The predicted octanol–water partition coefficient (Wildman–Crippen LogP) is 1.67. The molecule has 94 valence electrons. The van der Waals surface area contributed by atoms with Crippen molar-refractivity contribution in [3.8, 4) is 0 Å². The number of nitrogens with one attached hydrogen (secondary N) is 1. The van der Waals surface area contributed by atoms with E-state index >= 15 is 0 Å². The first kappa shape index (κ1) is 12.4. The summed E-state index contributed by atoms with van der Waals surface area (Å²) in [5.74, 6) is -0.124. The van der Waals surface area contributed by atoms with Crippen molar-refractivity contribution in [3.63, 3.8) is 0 Å². The van der Waals surface area contributed by atoms with Crippen molar-refractivity contribution in [2.24, 2.45) is 0 Å². The fraction of sp³-hybridized carbons (Fsp3) is 0.583. The summed E-state index contributed by atoms with van der Waals surface area (Å²) in [6.07, 6.45) is 3.32. The van der Waals surface area contributed by atoms with Gasteiger partial charge in [-0.1, -0.05) is 12.8 Å². The highest BCUT2D eigenvalue weighted by atomic mass is 32.1. The molecular formula is C12H18N2O2S. The van der Waals surface area contributed by atoms with Crippen molar-refractivity contribution >= 4 is 22.9 Å². The number of hydrogen-bond acceptors (Lipinski definition) is 4. The number of amides is 1. The lowest BCUT2D eigenvalue weighted by atomic mass is 9.92. The maximum atomic E-state index is 12.0. The van der Waals surface area contributed by atoms with Crippen LogP contribution in [0.3, 0.4) is 0 Å². The van der Waals surface area contributed by atoms with Gasteiger partial charge in [0, 0.05) is 10.6 Å². The first-order chi connectivity index (χ1) is 8.08. The van der Waals surface area contributed by atoms with Gasteiger partial charge in [-0.25, -0.2) is 0 Å². The summed E-state index contributed by atoms with van der Waals surface area (Å²) >= 11 is 1.39. The molecule has 17 heavy (non-hydrogen) atoms. The summed E-state index contributed by atoms with van der Waals surface area (Å²) in [6.45, 7) is 1.90. The van der Waals surface area contributed by atoms with Gasteiger partial charge in [-0.3, -0.25) is 4.79 Å². The van der Waals surface area contributed by atoms with Gasteiger partial charge in [-0.2, -0.15) is 0 Å². The van der Waals surface area contributed by atoms with E-state index < -0.39 is 6.10 Å². The quantitative estimate of drug-likeness (QED) is 0.751. The Morgan fingerprint density at radius 1 is 1.53 bits per heavy atom. The molecule has 1 aromatic rings. The SMILES string of the molecule is Cc1sc(C(=O)N[C@@H]2CCCC[C@H]2O)cc1N. The fourth-order valence-electron chi connectivity index (χ4n) is 2.13. The van der Waals surface area contributed by atoms with Gasteiger partial charge >= 0.3 is 0 Å². The zero-order valence-corrected chi connectivity index (χ0v) is 10.7. The Hall–Kier alpha value is -1.07. The molecule has 0 unspecified atom stereocenters. The Bertz CT molecular complexity index is 397. The van der Waals surface area contributed by atoms with E-state index in [1.165, 1.54) is 11.3 Å². The van der Waals surface area contributed by atoms with Crippen molar-refractivity contribution in [1.82, 2.24) is 5.32 Å². The second-order valence-corrected chi connectivity index (χ2v) is 5.81. The lowest BCUT2D eigenvalue weighted by molar-refractivity contribution is 0.0720. The summed E-state index contributed by atoms with van der Waals surface area (Å²) in [5, 5.41) is 12.7. The van der Waals surface area contributed by atoms with E-state index in [0.29, 0.717) is 10.6 Å². The molecule has 1 heterocycles. The topological polar surface area (TPSA) is 75.3 Å². The number of anilines is 1. The van der Waals surface area contributed by atoms with Crippen molar-refractivity contribution < 1.29 is 9.90 Å². The number of carbonyl (C=O) groups excluding carboxylic acids is 1. The molecule has 0 radical (unpaired) electrons. The van der Waals surface area contributed by atoms with Gasteiger partial charge in [-0.05, 0) is 25.8 Å². The third-order valence-corrected chi connectivity index (χ3v) is 4.29. The Kier molecular flexibility index (Phi) is 3.69. The summed E-state index contributed by atoms with van der Waals surface area (Å²) < 4.78 is 0. The monoisotopic (exact) mass is 254 g/mol. The van der Waals surface area contributed by atoms with Gasteiger partial charge in [0.05, 0.1) is 17.0 Å². The van der Waals surface area contributed by atoms with Crippen LogP contribution in [0.15, 0.2) is 6.07 Å². The van der Waals surface area contributed by atoms with Crippen molar-refractivity contribution in [2.75, 3.05) is 5.73 Å². The molecule has 0 saturated heterocycles. The van der Waals surface area contributed by atoms with Crippen LogP contribution in [-0.4, -0.2) is 23.2 Å². The minimum atomic E-state index is -0.411. The molecule has 2 atom stereocenters. The maximum Gasteiger partial charge on any atom is 0.261 e. The molecule has 1 fully saturated rings. The Morgan fingerprint density at radius 2 is 2.24 bits per heavy atom. The standard InChI is InChI=1S/C12H18N2O2S/c1-7-8(13)6-11(17-7)12(16)14-9-4-2-3-5-10(9)15/h6,9-10,15H,2-5,13H2,1H3,(H,14,16)/t9-,10-/m1/s1. The maximum absolute atomic E-state index is 12.0. The van der Waals surface area contributed by atoms with Crippen LogP contribution in [0.1, 0.15) is 40.2 Å². The molecule has 0 spiro atoms.